The fraction of sp³-hybridized carbons (Fsp3) is 0.280. The molecule has 0 aliphatic carbocycles. The van der Waals surface area contributed by atoms with Crippen LogP contribution in [-0.2, 0) is 17.8 Å². The molecule has 2 aliphatic heterocycles. The van der Waals surface area contributed by atoms with E-state index in [0.29, 0.717) is 31.1 Å². The van der Waals surface area contributed by atoms with Crippen LogP contribution in [0.15, 0.2) is 65.8 Å². The van der Waals surface area contributed by atoms with Gasteiger partial charge in [-0.1, -0.05) is 30.3 Å². The van der Waals surface area contributed by atoms with Gasteiger partial charge in [0.2, 0.25) is 5.91 Å². The van der Waals surface area contributed by atoms with Gasteiger partial charge in [0, 0.05) is 59.9 Å². The third-order valence-electron chi connectivity index (χ3n) is 6.73. The van der Waals surface area contributed by atoms with E-state index in [0.717, 1.165) is 35.4 Å². The number of carbonyl (C=O) groups is 1. The second-order valence-electron chi connectivity index (χ2n) is 8.79. The van der Waals surface area contributed by atoms with E-state index in [9.17, 15) is 9.59 Å². The molecule has 0 unspecified atom stereocenters. The first-order valence-electron chi connectivity index (χ1n) is 11.3. The van der Waals surface area contributed by atoms with Crippen LogP contribution in [0.4, 0.5) is 5.82 Å². The third-order valence-corrected chi connectivity index (χ3v) is 6.73. The largest absolute Gasteiger partial charge is 0.357 e. The van der Waals surface area contributed by atoms with E-state index in [1.54, 1.807) is 23.2 Å². The van der Waals surface area contributed by atoms with Crippen LogP contribution < -0.4 is 15.8 Å². The lowest BCUT2D eigenvalue weighted by atomic mass is 9.91. The molecule has 3 aromatic heterocycles. The van der Waals surface area contributed by atoms with Crippen LogP contribution in [0.3, 0.4) is 0 Å². The van der Waals surface area contributed by atoms with E-state index in [1.165, 1.54) is 5.56 Å². The highest BCUT2D eigenvalue weighted by Gasteiger charge is 2.35. The average Bonchev–Trinajstić information content (AvgIpc) is 3.43. The van der Waals surface area contributed by atoms with Crippen molar-refractivity contribution in [3.63, 3.8) is 0 Å². The first kappa shape index (κ1) is 19.7. The number of anilines is 1. The Hall–Kier alpha value is -3.94. The van der Waals surface area contributed by atoms with Gasteiger partial charge in [0.05, 0.1) is 6.54 Å². The van der Waals surface area contributed by atoms with Crippen LogP contribution in [0, 0.1) is 0 Å². The number of fused-ring (bicyclic) bond motifs is 2. The number of H-pyrrole nitrogens is 1. The summed E-state index contributed by atoms with van der Waals surface area (Å²) in [6, 6.07) is 13.7. The summed E-state index contributed by atoms with van der Waals surface area (Å²) in [4.78, 5) is 40.2. The minimum absolute atomic E-state index is 0.143. The smallest absolute Gasteiger partial charge is 0.294 e. The van der Waals surface area contributed by atoms with Crippen molar-refractivity contribution in [1.82, 2.24) is 24.8 Å². The number of nitrogens with zero attached hydrogens (tertiary/aromatic N) is 4. The maximum Gasteiger partial charge on any atom is 0.294 e. The summed E-state index contributed by atoms with van der Waals surface area (Å²) >= 11 is 0. The molecule has 0 radical (unpaired) electrons. The van der Waals surface area contributed by atoms with Crippen LogP contribution >= 0.6 is 0 Å². The molecule has 0 spiro atoms. The molecule has 33 heavy (non-hydrogen) atoms. The minimum atomic E-state index is -0.508. The van der Waals surface area contributed by atoms with Crippen molar-refractivity contribution in [3.8, 4) is 0 Å². The van der Waals surface area contributed by atoms with Gasteiger partial charge in [0.25, 0.3) is 5.56 Å². The molecule has 5 heterocycles. The summed E-state index contributed by atoms with van der Waals surface area (Å²) in [5.74, 6) is 0.695. The molecule has 0 saturated carbocycles. The number of nitrogens with one attached hydrogen (secondary N) is 2. The number of aromatic nitrogens is 4. The molecule has 1 amide bonds. The van der Waals surface area contributed by atoms with Crippen molar-refractivity contribution in [2.75, 3.05) is 18.0 Å². The molecule has 1 atom stereocenters. The van der Waals surface area contributed by atoms with Crippen LogP contribution in [0.2, 0.25) is 0 Å². The predicted molar refractivity (Wildman–Crippen MR) is 125 cm³/mol. The van der Waals surface area contributed by atoms with Crippen LogP contribution in [-0.4, -0.2) is 38.5 Å². The summed E-state index contributed by atoms with van der Waals surface area (Å²) in [5, 5.41) is 3.99. The maximum atomic E-state index is 13.3. The van der Waals surface area contributed by atoms with Crippen molar-refractivity contribution in [1.29, 1.82) is 0 Å². The molecule has 8 heteroatoms. The van der Waals surface area contributed by atoms with Crippen molar-refractivity contribution in [3.05, 3.63) is 88.4 Å². The Morgan fingerprint density at radius 3 is 2.82 bits per heavy atom. The van der Waals surface area contributed by atoms with Gasteiger partial charge < -0.3 is 15.2 Å². The van der Waals surface area contributed by atoms with Crippen molar-refractivity contribution in [2.24, 2.45) is 0 Å². The zero-order valence-electron chi connectivity index (χ0n) is 18.1. The second kappa shape index (κ2) is 7.88. The maximum absolute atomic E-state index is 13.3. The van der Waals surface area contributed by atoms with Gasteiger partial charge >= 0.3 is 0 Å². The summed E-state index contributed by atoms with van der Waals surface area (Å²) in [6.07, 6.45) is 6.55. The van der Waals surface area contributed by atoms with Crippen molar-refractivity contribution >= 4 is 22.6 Å². The van der Waals surface area contributed by atoms with Gasteiger partial charge in [-0.3, -0.25) is 19.1 Å². The van der Waals surface area contributed by atoms with Gasteiger partial charge in [-0.2, -0.15) is 0 Å². The number of aryl methyl sites for hydroxylation is 1. The van der Waals surface area contributed by atoms with Gasteiger partial charge in [-0.25, -0.2) is 4.98 Å². The van der Waals surface area contributed by atoms with Gasteiger partial charge in [0.15, 0.2) is 5.82 Å². The molecule has 1 fully saturated rings. The molecular weight excluding hydrogens is 416 g/mol. The Bertz CT molecular complexity index is 1350. The molecule has 166 valence electrons. The Kier molecular flexibility index (Phi) is 4.71. The van der Waals surface area contributed by atoms with Crippen molar-refractivity contribution < 1.29 is 4.79 Å². The zero-order valence-corrected chi connectivity index (χ0v) is 18.1. The van der Waals surface area contributed by atoms with E-state index in [4.69, 9.17) is 0 Å². The molecule has 0 bridgehead atoms. The van der Waals surface area contributed by atoms with Crippen molar-refractivity contribution in [2.45, 2.75) is 31.3 Å². The Balaban J connectivity index is 1.17. The number of rotatable bonds is 5. The highest BCUT2D eigenvalue weighted by molar-refractivity contribution is 5.82. The summed E-state index contributed by atoms with van der Waals surface area (Å²) in [5.41, 5.74) is 3.81. The van der Waals surface area contributed by atoms with E-state index in [2.05, 4.69) is 32.4 Å². The average molecular weight is 441 g/mol. The summed E-state index contributed by atoms with van der Waals surface area (Å²) < 4.78 is 1.64. The zero-order chi connectivity index (χ0) is 22.4. The van der Waals surface area contributed by atoms with Gasteiger partial charge in [-0.05, 0) is 30.5 Å². The Morgan fingerprint density at radius 2 is 2.00 bits per heavy atom. The first-order valence-corrected chi connectivity index (χ1v) is 11.3. The third kappa shape index (κ3) is 3.47. The molecule has 1 saturated heterocycles. The molecule has 8 nitrogen and oxygen atoms in total. The number of hydrogen-bond acceptors (Lipinski definition) is 5. The number of aromatic amines is 1. The lowest BCUT2D eigenvalue weighted by molar-refractivity contribution is -0.124. The van der Waals surface area contributed by atoms with Gasteiger partial charge in [-0.15, -0.1) is 0 Å². The number of carbonyl (C=O) groups excluding carboxylic acids is 1. The number of benzene rings is 1. The Morgan fingerprint density at radius 1 is 1.15 bits per heavy atom. The SMILES string of the molecule is O=C(NCc1cc2cnccc2[nH]1)[C@@H]1CCc2cnc(N3CC(c4ccccc4)C3)c(=O)n21. The highest BCUT2D eigenvalue weighted by Crippen LogP contribution is 2.30. The fourth-order valence-corrected chi connectivity index (χ4v) is 4.91. The fourth-order valence-electron chi connectivity index (χ4n) is 4.91. The van der Waals surface area contributed by atoms with E-state index in [-0.39, 0.29) is 11.5 Å². The van der Waals surface area contributed by atoms with E-state index >= 15 is 0 Å². The van der Waals surface area contributed by atoms with E-state index in [1.807, 2.05) is 35.2 Å². The lowest BCUT2D eigenvalue weighted by Gasteiger charge is -2.40. The molecule has 2 aliphatic rings. The predicted octanol–water partition coefficient (Wildman–Crippen LogP) is 2.53. The monoisotopic (exact) mass is 440 g/mol. The molecule has 6 rings (SSSR count). The summed E-state index contributed by atoms with van der Waals surface area (Å²) in [6.45, 7) is 1.90. The molecule has 2 N–H and O–H groups in total. The summed E-state index contributed by atoms with van der Waals surface area (Å²) in [7, 11) is 0. The first-order chi connectivity index (χ1) is 16.2. The Labute approximate surface area is 190 Å². The number of hydrogen-bond donors (Lipinski definition) is 2. The number of pyridine rings is 1. The van der Waals surface area contributed by atoms with Crippen LogP contribution in [0.25, 0.3) is 10.9 Å². The quantitative estimate of drug-likeness (QED) is 0.497. The minimum Gasteiger partial charge on any atom is -0.357 e. The van der Waals surface area contributed by atoms with Crippen LogP contribution in [0.5, 0.6) is 0 Å². The van der Waals surface area contributed by atoms with Crippen LogP contribution in [0.1, 0.15) is 35.3 Å². The van der Waals surface area contributed by atoms with E-state index < -0.39 is 6.04 Å². The molecule has 1 aromatic carbocycles. The number of amides is 1. The molecular formula is C25H24N6O2. The highest BCUT2D eigenvalue weighted by atomic mass is 16.2. The lowest BCUT2D eigenvalue weighted by Crippen LogP contribution is -2.49. The topological polar surface area (TPSA) is 95.9 Å². The normalized spacial score (nSPS) is 17.7. The van der Waals surface area contributed by atoms with Gasteiger partial charge in [0.1, 0.15) is 6.04 Å². The second-order valence-corrected chi connectivity index (χ2v) is 8.79. The standard InChI is InChI=1S/C25H24N6O2/c32-24(28-12-19-10-17-11-26-9-8-21(17)29-19)22-7-6-20-13-27-23(25(33)31(20)22)30-14-18(15-30)16-4-2-1-3-5-16/h1-5,8-11,13,18,22,29H,6-7,12,14-15H2,(H,28,32)/t22-/m0/s1. The molecule has 4 aromatic rings.